The Kier molecular flexibility index (Phi) is 4.66. The Morgan fingerprint density at radius 2 is 1.71 bits per heavy atom. The van der Waals surface area contributed by atoms with E-state index in [-0.39, 0.29) is 6.03 Å². The number of hydrogen-bond acceptors (Lipinski definition) is 2. The Balaban J connectivity index is 1.72. The largest absolute Gasteiger partial charge is 0.325 e. The number of carbonyl (C=O) groups excluding carboxylic acids is 1. The van der Waals surface area contributed by atoms with Crippen LogP contribution in [0.1, 0.15) is 39.0 Å². The molecule has 4 heteroatoms. The smallest absolute Gasteiger partial charge is 0.319 e. The van der Waals surface area contributed by atoms with Crippen LogP contribution in [0.3, 0.4) is 0 Å². The van der Waals surface area contributed by atoms with Gasteiger partial charge in [0.2, 0.25) is 0 Å². The molecule has 2 heterocycles. The van der Waals surface area contributed by atoms with Gasteiger partial charge in [-0.1, -0.05) is 6.92 Å². The zero-order valence-corrected chi connectivity index (χ0v) is 11.0. The number of likely N-dealkylation sites (tertiary alicyclic amines) is 2. The highest BCUT2D eigenvalue weighted by atomic mass is 16.2. The van der Waals surface area contributed by atoms with Crippen LogP contribution in [0.5, 0.6) is 0 Å². The van der Waals surface area contributed by atoms with Crippen molar-refractivity contribution in [3.8, 4) is 0 Å². The van der Waals surface area contributed by atoms with Crippen LogP contribution in [-0.4, -0.2) is 54.6 Å². The van der Waals surface area contributed by atoms with E-state index in [1.54, 1.807) is 0 Å². The molecule has 0 bridgehead atoms. The summed E-state index contributed by atoms with van der Waals surface area (Å²) in [5, 5.41) is 3.55. The third-order valence-corrected chi connectivity index (χ3v) is 3.83. The molecule has 2 aliphatic heterocycles. The molecule has 0 aliphatic carbocycles. The topological polar surface area (TPSA) is 35.6 Å². The predicted molar refractivity (Wildman–Crippen MR) is 69.1 cm³/mol. The van der Waals surface area contributed by atoms with Crippen LogP contribution in [0.15, 0.2) is 0 Å². The fourth-order valence-electron chi connectivity index (χ4n) is 2.73. The molecule has 2 rings (SSSR count). The number of amides is 2. The summed E-state index contributed by atoms with van der Waals surface area (Å²) in [6.45, 7) is 7.08. The highest BCUT2D eigenvalue weighted by Crippen LogP contribution is 2.15. The molecule has 4 nitrogen and oxygen atoms in total. The quantitative estimate of drug-likeness (QED) is 0.813. The molecule has 2 saturated heterocycles. The summed E-state index contributed by atoms with van der Waals surface area (Å²) in [7, 11) is 0. The van der Waals surface area contributed by atoms with E-state index < -0.39 is 0 Å². The molecule has 98 valence electrons. The first-order valence-corrected chi connectivity index (χ1v) is 7.08. The van der Waals surface area contributed by atoms with Crippen molar-refractivity contribution in [3.05, 3.63) is 0 Å². The van der Waals surface area contributed by atoms with E-state index in [1.807, 2.05) is 9.80 Å². The number of urea groups is 1. The van der Waals surface area contributed by atoms with Crippen LogP contribution in [0, 0.1) is 0 Å². The Bertz CT molecular complexity index is 243. The minimum Gasteiger partial charge on any atom is -0.325 e. The minimum atomic E-state index is 0.274. The molecule has 0 aromatic carbocycles. The summed E-state index contributed by atoms with van der Waals surface area (Å²) in [6, 6.07) is 0.897. The standard InChI is InChI=1S/C13H25N3O/c1-2-7-14-12-5-10-16(11-6-12)13(17)15-8-3-4-9-15/h12,14H,2-11H2,1H3. The minimum absolute atomic E-state index is 0.274. The number of hydrogen-bond donors (Lipinski definition) is 1. The van der Waals surface area contributed by atoms with Crippen LogP contribution < -0.4 is 5.32 Å². The fourth-order valence-corrected chi connectivity index (χ4v) is 2.73. The lowest BCUT2D eigenvalue weighted by atomic mass is 10.1. The normalized spacial score (nSPS) is 22.2. The van der Waals surface area contributed by atoms with Crippen molar-refractivity contribution in [1.82, 2.24) is 15.1 Å². The van der Waals surface area contributed by atoms with E-state index >= 15 is 0 Å². The molecule has 2 aliphatic rings. The van der Waals surface area contributed by atoms with Gasteiger partial charge in [-0.05, 0) is 38.6 Å². The molecule has 0 atom stereocenters. The second-order valence-corrected chi connectivity index (χ2v) is 5.19. The van der Waals surface area contributed by atoms with Crippen molar-refractivity contribution >= 4 is 6.03 Å². The van der Waals surface area contributed by atoms with Crippen molar-refractivity contribution in [2.24, 2.45) is 0 Å². The molecule has 1 N–H and O–H groups in total. The number of nitrogens with zero attached hydrogens (tertiary/aromatic N) is 2. The number of nitrogens with one attached hydrogen (secondary N) is 1. The van der Waals surface area contributed by atoms with Gasteiger partial charge in [-0.25, -0.2) is 4.79 Å². The fraction of sp³-hybridized carbons (Fsp3) is 0.923. The highest BCUT2D eigenvalue weighted by Gasteiger charge is 2.27. The van der Waals surface area contributed by atoms with Crippen LogP contribution in [0.25, 0.3) is 0 Å². The van der Waals surface area contributed by atoms with E-state index in [2.05, 4.69) is 12.2 Å². The third kappa shape index (κ3) is 3.35. The lowest BCUT2D eigenvalue weighted by Crippen LogP contribution is -2.49. The summed E-state index contributed by atoms with van der Waals surface area (Å²) >= 11 is 0. The summed E-state index contributed by atoms with van der Waals surface area (Å²) in [6.07, 6.45) is 5.77. The molecule has 0 radical (unpaired) electrons. The lowest BCUT2D eigenvalue weighted by molar-refractivity contribution is 0.145. The first-order chi connectivity index (χ1) is 8.31. The first kappa shape index (κ1) is 12.7. The van der Waals surface area contributed by atoms with Gasteiger partial charge in [-0.3, -0.25) is 0 Å². The Morgan fingerprint density at radius 3 is 2.29 bits per heavy atom. The molecule has 0 unspecified atom stereocenters. The Hall–Kier alpha value is -0.770. The average molecular weight is 239 g/mol. The number of piperidine rings is 1. The maximum Gasteiger partial charge on any atom is 0.319 e. The molecule has 0 spiro atoms. The predicted octanol–water partition coefficient (Wildman–Crippen LogP) is 1.67. The molecular weight excluding hydrogens is 214 g/mol. The molecule has 0 saturated carbocycles. The van der Waals surface area contributed by atoms with E-state index in [0.29, 0.717) is 6.04 Å². The van der Waals surface area contributed by atoms with Crippen molar-refractivity contribution < 1.29 is 4.79 Å². The van der Waals surface area contributed by atoms with Gasteiger partial charge in [0.05, 0.1) is 0 Å². The van der Waals surface area contributed by atoms with Gasteiger partial charge in [-0.2, -0.15) is 0 Å². The maximum absolute atomic E-state index is 12.2. The molecular formula is C13H25N3O. The highest BCUT2D eigenvalue weighted by molar-refractivity contribution is 5.74. The van der Waals surface area contributed by atoms with Crippen molar-refractivity contribution in [2.45, 2.75) is 45.1 Å². The number of rotatable bonds is 3. The summed E-state index contributed by atoms with van der Waals surface area (Å²) in [5.41, 5.74) is 0. The summed E-state index contributed by atoms with van der Waals surface area (Å²) in [4.78, 5) is 16.2. The van der Waals surface area contributed by atoms with Crippen LogP contribution in [0.4, 0.5) is 4.79 Å². The monoisotopic (exact) mass is 239 g/mol. The van der Waals surface area contributed by atoms with Crippen LogP contribution in [0.2, 0.25) is 0 Å². The van der Waals surface area contributed by atoms with Crippen LogP contribution >= 0.6 is 0 Å². The van der Waals surface area contributed by atoms with Crippen molar-refractivity contribution in [1.29, 1.82) is 0 Å². The molecule has 0 aromatic rings. The van der Waals surface area contributed by atoms with Crippen molar-refractivity contribution in [3.63, 3.8) is 0 Å². The van der Waals surface area contributed by atoms with E-state index in [0.717, 1.165) is 45.6 Å². The van der Waals surface area contributed by atoms with Gasteiger partial charge in [0.1, 0.15) is 0 Å². The summed E-state index contributed by atoms with van der Waals surface area (Å²) < 4.78 is 0. The van der Waals surface area contributed by atoms with Gasteiger partial charge < -0.3 is 15.1 Å². The van der Waals surface area contributed by atoms with Crippen LogP contribution in [-0.2, 0) is 0 Å². The SMILES string of the molecule is CCCNC1CCN(C(=O)N2CCCC2)CC1. The van der Waals surface area contributed by atoms with Gasteiger partial charge in [0, 0.05) is 32.2 Å². The summed E-state index contributed by atoms with van der Waals surface area (Å²) in [5.74, 6) is 0. The van der Waals surface area contributed by atoms with Gasteiger partial charge in [0.25, 0.3) is 0 Å². The second-order valence-electron chi connectivity index (χ2n) is 5.19. The molecule has 17 heavy (non-hydrogen) atoms. The molecule has 0 aromatic heterocycles. The molecule has 2 fully saturated rings. The molecule has 2 amide bonds. The van der Waals surface area contributed by atoms with E-state index in [1.165, 1.54) is 19.3 Å². The zero-order chi connectivity index (χ0) is 12.1. The van der Waals surface area contributed by atoms with Gasteiger partial charge >= 0.3 is 6.03 Å². The van der Waals surface area contributed by atoms with Gasteiger partial charge in [-0.15, -0.1) is 0 Å². The zero-order valence-electron chi connectivity index (χ0n) is 11.0. The average Bonchev–Trinajstić information content (AvgIpc) is 2.90. The Labute approximate surface area is 104 Å². The maximum atomic E-state index is 12.2. The first-order valence-electron chi connectivity index (χ1n) is 7.08. The van der Waals surface area contributed by atoms with Gasteiger partial charge in [0.15, 0.2) is 0 Å². The lowest BCUT2D eigenvalue weighted by Gasteiger charge is -2.34. The van der Waals surface area contributed by atoms with E-state index in [9.17, 15) is 4.79 Å². The number of carbonyl (C=O) groups is 1. The second kappa shape index (κ2) is 6.24. The third-order valence-electron chi connectivity index (χ3n) is 3.83. The van der Waals surface area contributed by atoms with Crippen molar-refractivity contribution in [2.75, 3.05) is 32.7 Å². The Morgan fingerprint density at radius 1 is 1.12 bits per heavy atom. The van der Waals surface area contributed by atoms with E-state index in [4.69, 9.17) is 0 Å².